The summed E-state index contributed by atoms with van der Waals surface area (Å²) >= 11 is 1.59. The summed E-state index contributed by atoms with van der Waals surface area (Å²) in [5, 5.41) is 8.79. The van der Waals surface area contributed by atoms with Crippen molar-refractivity contribution in [3.63, 3.8) is 0 Å². The number of aromatic nitrogens is 4. The fourth-order valence-corrected chi connectivity index (χ4v) is 6.22. The first kappa shape index (κ1) is 26.9. The lowest BCUT2D eigenvalue weighted by Gasteiger charge is -2.28. The zero-order chi connectivity index (χ0) is 27.6. The Kier molecular flexibility index (Phi) is 7.70. The van der Waals surface area contributed by atoms with E-state index in [0.29, 0.717) is 50.2 Å². The molecule has 0 bridgehead atoms. The maximum Gasteiger partial charge on any atom is 0.277 e. The standard InChI is InChI=1S/C25H27N7O5S2/c1-31(25-26-12-18(13-27-25)24(33)30-34)14-19-11-20-21(38-19)23(32-6-8-37-9-7-32)29-22(28-20)17-5-3-4-16(10-17)15-39(2,35)36/h3-5,10-13,34H,6-9,14-15H2,1-2H3,(H,30,33). The largest absolute Gasteiger partial charge is 0.378 e. The first-order valence-electron chi connectivity index (χ1n) is 12.1. The van der Waals surface area contributed by atoms with Gasteiger partial charge >= 0.3 is 0 Å². The fourth-order valence-electron chi connectivity index (χ4n) is 4.27. The molecule has 1 fully saturated rings. The van der Waals surface area contributed by atoms with Crippen LogP contribution in [0.1, 0.15) is 20.8 Å². The quantitative estimate of drug-likeness (QED) is 0.238. The van der Waals surface area contributed by atoms with E-state index in [2.05, 4.69) is 14.9 Å². The van der Waals surface area contributed by atoms with Crippen molar-refractivity contribution in [2.24, 2.45) is 0 Å². The number of fused-ring (bicyclic) bond motifs is 1. The summed E-state index contributed by atoms with van der Waals surface area (Å²) in [4.78, 5) is 34.9. The summed E-state index contributed by atoms with van der Waals surface area (Å²) in [6, 6.07) is 9.33. The van der Waals surface area contributed by atoms with Crippen molar-refractivity contribution in [2.75, 3.05) is 49.4 Å². The Hall–Kier alpha value is -3.72. The van der Waals surface area contributed by atoms with E-state index in [1.54, 1.807) is 22.9 Å². The van der Waals surface area contributed by atoms with Crippen LogP contribution in [-0.2, 0) is 26.9 Å². The molecule has 12 nitrogen and oxygen atoms in total. The average molecular weight is 570 g/mol. The summed E-state index contributed by atoms with van der Waals surface area (Å²) in [6.45, 7) is 3.11. The first-order chi connectivity index (χ1) is 18.7. The van der Waals surface area contributed by atoms with Crippen LogP contribution in [-0.4, -0.2) is 79.1 Å². The molecule has 0 atom stereocenters. The third-order valence-electron chi connectivity index (χ3n) is 6.07. The van der Waals surface area contributed by atoms with Crippen LogP contribution in [0.15, 0.2) is 42.7 Å². The Bertz CT molecular complexity index is 1600. The minimum absolute atomic E-state index is 0.0535. The van der Waals surface area contributed by atoms with Crippen LogP contribution in [0.4, 0.5) is 11.8 Å². The zero-order valence-corrected chi connectivity index (χ0v) is 23.0. The molecule has 1 aromatic carbocycles. The zero-order valence-electron chi connectivity index (χ0n) is 21.4. The number of nitrogens with one attached hydrogen (secondary N) is 1. The molecule has 2 N–H and O–H groups in total. The third kappa shape index (κ3) is 6.30. The van der Waals surface area contributed by atoms with Crippen molar-refractivity contribution in [1.29, 1.82) is 0 Å². The van der Waals surface area contributed by atoms with E-state index in [1.807, 2.05) is 36.2 Å². The topological polar surface area (TPSA) is 151 Å². The van der Waals surface area contributed by atoms with Gasteiger partial charge < -0.3 is 14.5 Å². The number of anilines is 2. The van der Waals surface area contributed by atoms with Gasteiger partial charge in [-0.1, -0.05) is 18.2 Å². The van der Waals surface area contributed by atoms with Crippen LogP contribution >= 0.6 is 11.3 Å². The summed E-state index contributed by atoms with van der Waals surface area (Å²) in [7, 11) is -1.34. The molecular formula is C25H27N7O5S2. The number of hydrogen-bond donors (Lipinski definition) is 2. The molecule has 0 radical (unpaired) electrons. The Balaban J connectivity index is 1.49. The summed E-state index contributed by atoms with van der Waals surface area (Å²) in [5.74, 6) is 1.03. The number of carbonyl (C=O) groups excluding carboxylic acids is 1. The van der Waals surface area contributed by atoms with Crippen molar-refractivity contribution >= 4 is 49.1 Å². The number of thiophene rings is 1. The second kappa shape index (κ2) is 11.2. The number of benzene rings is 1. The molecule has 1 aliphatic heterocycles. The number of morpholine rings is 1. The highest BCUT2D eigenvalue weighted by Crippen LogP contribution is 2.35. The number of carbonyl (C=O) groups is 1. The number of amides is 1. The van der Waals surface area contributed by atoms with Crippen LogP contribution in [0, 0.1) is 0 Å². The van der Waals surface area contributed by atoms with Gasteiger partial charge in [0.05, 0.1) is 41.3 Å². The number of nitrogens with zero attached hydrogens (tertiary/aromatic N) is 6. The van der Waals surface area contributed by atoms with Crippen molar-refractivity contribution < 1.29 is 23.2 Å². The number of rotatable bonds is 8. The van der Waals surface area contributed by atoms with E-state index in [4.69, 9.17) is 19.9 Å². The van der Waals surface area contributed by atoms with Crippen LogP contribution in [0.5, 0.6) is 0 Å². The Morgan fingerprint density at radius 2 is 1.92 bits per heavy atom. The van der Waals surface area contributed by atoms with Gasteiger partial charge in [0.2, 0.25) is 5.95 Å². The van der Waals surface area contributed by atoms with E-state index in [0.717, 1.165) is 26.5 Å². The molecule has 4 aromatic rings. The van der Waals surface area contributed by atoms with E-state index in [9.17, 15) is 13.2 Å². The molecule has 1 aliphatic rings. The Labute approximate surface area is 229 Å². The average Bonchev–Trinajstić information content (AvgIpc) is 3.34. The molecule has 39 heavy (non-hydrogen) atoms. The van der Waals surface area contributed by atoms with Crippen LogP contribution < -0.4 is 15.3 Å². The Morgan fingerprint density at radius 3 is 2.62 bits per heavy atom. The lowest BCUT2D eigenvalue weighted by atomic mass is 10.1. The van der Waals surface area contributed by atoms with E-state index in [-0.39, 0.29) is 11.3 Å². The smallest absolute Gasteiger partial charge is 0.277 e. The van der Waals surface area contributed by atoms with Gasteiger partial charge in [0.25, 0.3) is 5.91 Å². The molecule has 5 rings (SSSR count). The normalized spacial score (nSPS) is 14.0. The molecule has 14 heteroatoms. The van der Waals surface area contributed by atoms with E-state index in [1.165, 1.54) is 18.6 Å². The molecule has 0 saturated carbocycles. The SMILES string of the molecule is CN(Cc1cc2nc(-c3cccc(CS(C)(=O)=O)c3)nc(N3CCOCC3)c2s1)c1ncc(C(=O)NO)cn1. The van der Waals surface area contributed by atoms with Gasteiger partial charge in [-0.2, -0.15) is 0 Å². The molecule has 3 aromatic heterocycles. The van der Waals surface area contributed by atoms with Crippen molar-refractivity contribution in [1.82, 2.24) is 25.4 Å². The second-order valence-corrected chi connectivity index (χ2v) is 12.5. The minimum Gasteiger partial charge on any atom is -0.378 e. The van der Waals surface area contributed by atoms with E-state index >= 15 is 0 Å². The monoisotopic (exact) mass is 569 g/mol. The number of hydrogen-bond acceptors (Lipinski definition) is 12. The number of ether oxygens (including phenoxy) is 1. The fraction of sp³-hybridized carbons (Fsp3) is 0.320. The predicted molar refractivity (Wildman–Crippen MR) is 148 cm³/mol. The summed E-state index contributed by atoms with van der Waals surface area (Å²) in [5.41, 5.74) is 3.93. The molecule has 0 spiro atoms. The van der Waals surface area contributed by atoms with Gasteiger partial charge in [-0.3, -0.25) is 10.0 Å². The first-order valence-corrected chi connectivity index (χ1v) is 15.0. The van der Waals surface area contributed by atoms with E-state index < -0.39 is 15.7 Å². The lowest BCUT2D eigenvalue weighted by Crippen LogP contribution is -2.36. The number of hydroxylamine groups is 1. The van der Waals surface area contributed by atoms with Gasteiger partial charge in [-0.25, -0.2) is 33.8 Å². The second-order valence-electron chi connectivity index (χ2n) is 9.24. The van der Waals surface area contributed by atoms with Crippen LogP contribution in [0.3, 0.4) is 0 Å². The molecule has 0 unspecified atom stereocenters. The Morgan fingerprint density at radius 1 is 1.18 bits per heavy atom. The van der Waals surface area contributed by atoms with Crippen LogP contribution in [0.2, 0.25) is 0 Å². The van der Waals surface area contributed by atoms with Gasteiger partial charge in [0.1, 0.15) is 0 Å². The lowest BCUT2D eigenvalue weighted by molar-refractivity contribution is 0.0705. The highest BCUT2D eigenvalue weighted by atomic mass is 32.2. The third-order valence-corrected chi connectivity index (χ3v) is 8.03. The maximum absolute atomic E-state index is 11.8. The maximum atomic E-state index is 11.8. The minimum atomic E-state index is -3.18. The van der Waals surface area contributed by atoms with Gasteiger partial charge in [-0.15, -0.1) is 11.3 Å². The molecule has 1 amide bonds. The molecule has 4 heterocycles. The predicted octanol–water partition coefficient (Wildman–Crippen LogP) is 2.28. The van der Waals surface area contributed by atoms with Crippen molar-refractivity contribution in [3.8, 4) is 11.4 Å². The number of sulfone groups is 1. The molecule has 1 saturated heterocycles. The highest BCUT2D eigenvalue weighted by molar-refractivity contribution is 7.89. The molecular weight excluding hydrogens is 542 g/mol. The van der Waals surface area contributed by atoms with Gasteiger partial charge in [0, 0.05) is 49.2 Å². The summed E-state index contributed by atoms with van der Waals surface area (Å²) in [6.07, 6.45) is 3.91. The molecule has 204 valence electrons. The van der Waals surface area contributed by atoms with Crippen molar-refractivity contribution in [2.45, 2.75) is 12.3 Å². The highest BCUT2D eigenvalue weighted by Gasteiger charge is 2.21. The van der Waals surface area contributed by atoms with Gasteiger partial charge in [0.15, 0.2) is 21.5 Å². The molecule has 0 aliphatic carbocycles. The summed E-state index contributed by atoms with van der Waals surface area (Å²) < 4.78 is 30.2. The van der Waals surface area contributed by atoms with Crippen molar-refractivity contribution in [3.05, 3.63) is 58.7 Å². The van der Waals surface area contributed by atoms with Gasteiger partial charge in [-0.05, 0) is 17.7 Å². The van der Waals surface area contributed by atoms with Crippen LogP contribution in [0.25, 0.3) is 21.6 Å².